The lowest BCUT2D eigenvalue weighted by Crippen LogP contribution is -2.50. The molecule has 0 atom stereocenters. The van der Waals surface area contributed by atoms with Crippen LogP contribution in [-0.2, 0) is 7.05 Å². The normalized spacial score (nSPS) is 14.7. The molecule has 0 unspecified atom stereocenters. The minimum atomic E-state index is -0.0716. The third-order valence-electron chi connectivity index (χ3n) is 4.90. The first-order valence-corrected chi connectivity index (χ1v) is 8.77. The summed E-state index contributed by atoms with van der Waals surface area (Å²) in [7, 11) is 1.99. The van der Waals surface area contributed by atoms with Gasteiger partial charge in [0.25, 0.3) is 0 Å². The number of rotatable bonds is 2. The first-order valence-electron chi connectivity index (χ1n) is 8.77. The molecule has 4 rings (SSSR count). The number of benzene rings is 1. The highest BCUT2D eigenvalue weighted by molar-refractivity contribution is 5.92. The fourth-order valence-electron chi connectivity index (χ4n) is 3.28. The molecular weight excluding hydrogens is 328 g/mol. The zero-order valence-corrected chi connectivity index (χ0v) is 15.0. The van der Waals surface area contributed by atoms with Gasteiger partial charge in [-0.2, -0.15) is 0 Å². The molecule has 3 aromatic rings. The average molecular weight is 350 g/mol. The number of aryl methyl sites for hydroxylation is 2. The van der Waals surface area contributed by atoms with Gasteiger partial charge in [0.2, 0.25) is 0 Å². The van der Waals surface area contributed by atoms with Gasteiger partial charge in [0.05, 0.1) is 11.0 Å². The summed E-state index contributed by atoms with van der Waals surface area (Å²) < 4.78 is 2.04. The number of hydrogen-bond donors (Lipinski definition) is 1. The number of amides is 2. The van der Waals surface area contributed by atoms with Gasteiger partial charge in [0.1, 0.15) is 11.6 Å². The van der Waals surface area contributed by atoms with Crippen LogP contribution in [0.15, 0.2) is 42.6 Å². The highest BCUT2D eigenvalue weighted by Gasteiger charge is 2.22. The van der Waals surface area contributed by atoms with Gasteiger partial charge in [0, 0.05) is 45.1 Å². The van der Waals surface area contributed by atoms with E-state index in [0.717, 1.165) is 41.5 Å². The van der Waals surface area contributed by atoms with E-state index in [1.807, 2.05) is 59.8 Å². The van der Waals surface area contributed by atoms with Crippen molar-refractivity contribution in [1.82, 2.24) is 19.4 Å². The monoisotopic (exact) mass is 350 g/mol. The molecule has 7 nitrogen and oxygen atoms in total. The van der Waals surface area contributed by atoms with E-state index in [0.29, 0.717) is 13.1 Å². The Bertz CT molecular complexity index is 928. The van der Waals surface area contributed by atoms with Crippen molar-refractivity contribution in [2.45, 2.75) is 6.92 Å². The topological polar surface area (TPSA) is 66.3 Å². The summed E-state index contributed by atoms with van der Waals surface area (Å²) >= 11 is 0. The highest BCUT2D eigenvalue weighted by Crippen LogP contribution is 2.20. The molecule has 2 amide bonds. The van der Waals surface area contributed by atoms with Gasteiger partial charge in [-0.25, -0.2) is 14.8 Å². The molecule has 2 aromatic heterocycles. The molecule has 1 aromatic carbocycles. The van der Waals surface area contributed by atoms with E-state index in [1.54, 1.807) is 6.20 Å². The number of nitrogens with one attached hydrogen (secondary N) is 1. The fourth-order valence-corrected chi connectivity index (χ4v) is 3.28. The summed E-state index contributed by atoms with van der Waals surface area (Å²) in [6.45, 7) is 4.88. The SMILES string of the molecule is Cc1nc2cc(NC(=O)N3CCN(c4ccccn4)CC3)ccc2n1C. The molecule has 1 saturated heterocycles. The number of imidazole rings is 1. The Morgan fingerprint density at radius 3 is 2.65 bits per heavy atom. The Kier molecular flexibility index (Phi) is 4.20. The Hall–Kier alpha value is -3.09. The standard InChI is InChI=1S/C19H22N6O/c1-14-21-16-13-15(6-7-17(16)23(14)2)22-19(26)25-11-9-24(10-12-25)18-5-3-4-8-20-18/h3-8,13H,9-12H2,1-2H3,(H,22,26). The third kappa shape index (κ3) is 3.08. The van der Waals surface area contributed by atoms with Crippen molar-refractivity contribution in [3.05, 3.63) is 48.4 Å². The van der Waals surface area contributed by atoms with Crippen LogP contribution in [0, 0.1) is 6.92 Å². The zero-order chi connectivity index (χ0) is 18.1. The molecule has 134 valence electrons. The molecule has 1 aliphatic rings. The van der Waals surface area contributed by atoms with Gasteiger partial charge in [-0.3, -0.25) is 0 Å². The number of carbonyl (C=O) groups is 1. The van der Waals surface area contributed by atoms with Crippen LogP contribution < -0.4 is 10.2 Å². The number of aromatic nitrogens is 3. The number of pyridine rings is 1. The van der Waals surface area contributed by atoms with E-state index < -0.39 is 0 Å². The minimum absolute atomic E-state index is 0.0716. The predicted molar refractivity (Wildman–Crippen MR) is 102 cm³/mol. The lowest BCUT2D eigenvalue weighted by atomic mass is 10.2. The molecule has 0 bridgehead atoms. The molecule has 7 heteroatoms. The van der Waals surface area contributed by atoms with Gasteiger partial charge in [-0.05, 0) is 37.3 Å². The van der Waals surface area contributed by atoms with Crippen LogP contribution in [-0.4, -0.2) is 51.6 Å². The summed E-state index contributed by atoms with van der Waals surface area (Å²) in [5.74, 6) is 1.91. The largest absolute Gasteiger partial charge is 0.353 e. The molecule has 0 radical (unpaired) electrons. The van der Waals surface area contributed by atoms with Crippen LogP contribution in [0.4, 0.5) is 16.3 Å². The van der Waals surface area contributed by atoms with Gasteiger partial charge in [-0.1, -0.05) is 6.07 Å². The molecule has 0 aliphatic carbocycles. The molecule has 1 N–H and O–H groups in total. The van der Waals surface area contributed by atoms with Crippen LogP contribution in [0.5, 0.6) is 0 Å². The molecule has 0 spiro atoms. The molecule has 0 saturated carbocycles. The summed E-state index contributed by atoms with van der Waals surface area (Å²) in [6.07, 6.45) is 1.80. The van der Waals surface area contributed by atoms with Gasteiger partial charge in [0.15, 0.2) is 0 Å². The van der Waals surface area contributed by atoms with E-state index in [9.17, 15) is 4.79 Å². The van der Waals surface area contributed by atoms with E-state index in [2.05, 4.69) is 20.2 Å². The van der Waals surface area contributed by atoms with E-state index >= 15 is 0 Å². The van der Waals surface area contributed by atoms with E-state index in [-0.39, 0.29) is 6.03 Å². The van der Waals surface area contributed by atoms with Crippen LogP contribution in [0.2, 0.25) is 0 Å². The van der Waals surface area contributed by atoms with Gasteiger partial charge >= 0.3 is 6.03 Å². The maximum atomic E-state index is 12.6. The van der Waals surface area contributed by atoms with Gasteiger partial charge in [-0.15, -0.1) is 0 Å². The summed E-state index contributed by atoms with van der Waals surface area (Å²) in [5, 5.41) is 2.99. The first kappa shape index (κ1) is 16.4. The Morgan fingerprint density at radius 2 is 1.92 bits per heavy atom. The van der Waals surface area contributed by atoms with Crippen molar-refractivity contribution < 1.29 is 4.79 Å². The lowest BCUT2D eigenvalue weighted by Gasteiger charge is -2.35. The number of anilines is 2. The molecule has 3 heterocycles. The zero-order valence-electron chi connectivity index (χ0n) is 15.0. The number of fused-ring (bicyclic) bond motifs is 1. The second kappa shape index (κ2) is 6.67. The Balaban J connectivity index is 1.40. The first-order chi connectivity index (χ1) is 12.6. The van der Waals surface area contributed by atoms with Crippen LogP contribution >= 0.6 is 0 Å². The van der Waals surface area contributed by atoms with Crippen LogP contribution in [0.1, 0.15) is 5.82 Å². The smallest absolute Gasteiger partial charge is 0.321 e. The number of hydrogen-bond acceptors (Lipinski definition) is 4. The Morgan fingerprint density at radius 1 is 1.12 bits per heavy atom. The van der Waals surface area contributed by atoms with Crippen molar-refractivity contribution in [2.24, 2.45) is 7.05 Å². The number of nitrogens with zero attached hydrogens (tertiary/aromatic N) is 5. The third-order valence-corrected chi connectivity index (χ3v) is 4.90. The summed E-state index contributed by atoms with van der Waals surface area (Å²) in [6, 6.07) is 11.7. The summed E-state index contributed by atoms with van der Waals surface area (Å²) in [5.41, 5.74) is 2.72. The average Bonchev–Trinajstić information content (AvgIpc) is 2.96. The maximum Gasteiger partial charge on any atom is 0.321 e. The van der Waals surface area contributed by atoms with E-state index in [4.69, 9.17) is 0 Å². The quantitative estimate of drug-likeness (QED) is 0.772. The van der Waals surface area contributed by atoms with Crippen molar-refractivity contribution in [1.29, 1.82) is 0 Å². The van der Waals surface area contributed by atoms with Gasteiger partial charge < -0.3 is 19.7 Å². The van der Waals surface area contributed by atoms with Crippen molar-refractivity contribution in [3.8, 4) is 0 Å². The summed E-state index contributed by atoms with van der Waals surface area (Å²) in [4.78, 5) is 25.5. The van der Waals surface area contributed by atoms with E-state index in [1.165, 1.54) is 0 Å². The molecule has 1 fully saturated rings. The van der Waals surface area contributed by atoms with Crippen molar-refractivity contribution >= 4 is 28.6 Å². The van der Waals surface area contributed by atoms with Crippen molar-refractivity contribution in [3.63, 3.8) is 0 Å². The molecule has 1 aliphatic heterocycles. The molecule has 26 heavy (non-hydrogen) atoms. The van der Waals surface area contributed by atoms with Crippen LogP contribution in [0.25, 0.3) is 11.0 Å². The lowest BCUT2D eigenvalue weighted by molar-refractivity contribution is 0.208. The Labute approximate surface area is 152 Å². The number of urea groups is 1. The fraction of sp³-hybridized carbons (Fsp3) is 0.316. The minimum Gasteiger partial charge on any atom is -0.353 e. The maximum absolute atomic E-state index is 12.6. The second-order valence-corrected chi connectivity index (χ2v) is 6.51. The molecular formula is C19H22N6O. The number of piperazine rings is 1. The van der Waals surface area contributed by atoms with Crippen molar-refractivity contribution in [2.75, 3.05) is 36.4 Å². The predicted octanol–water partition coefficient (Wildman–Crippen LogP) is 2.63. The number of carbonyl (C=O) groups excluding carboxylic acids is 1. The van der Waals surface area contributed by atoms with Crippen LogP contribution in [0.3, 0.4) is 0 Å². The highest BCUT2D eigenvalue weighted by atomic mass is 16.2. The second-order valence-electron chi connectivity index (χ2n) is 6.51.